The molecule has 0 saturated carbocycles. The van der Waals surface area contributed by atoms with Crippen molar-refractivity contribution in [3.63, 3.8) is 0 Å². The second-order valence-corrected chi connectivity index (χ2v) is 4.99. The molecular formula is C15H18N4S. The summed E-state index contributed by atoms with van der Waals surface area (Å²) in [4.78, 5) is 3.30. The average molecular weight is 286 g/mol. The predicted octanol–water partition coefficient (Wildman–Crippen LogP) is 3.63. The Hall–Kier alpha value is -2.14. The molecule has 1 heterocycles. The van der Waals surface area contributed by atoms with Gasteiger partial charge in [0.05, 0.1) is 0 Å². The van der Waals surface area contributed by atoms with Crippen LogP contribution in [-0.4, -0.2) is 11.2 Å². The molecule has 1 aromatic heterocycles. The number of nitrogens with two attached hydrogens (primary N) is 1. The molecule has 0 aliphatic heterocycles. The molecule has 0 atom stereocenters. The van der Waals surface area contributed by atoms with Crippen molar-refractivity contribution >= 4 is 41.2 Å². The van der Waals surface area contributed by atoms with Gasteiger partial charge in [0.25, 0.3) is 0 Å². The van der Waals surface area contributed by atoms with Gasteiger partial charge in [0.2, 0.25) is 0 Å². The Morgan fingerprint density at radius 3 is 2.70 bits per heavy atom. The molecular weight excluding hydrogens is 268 g/mol. The number of hydrogen-bond acceptors (Lipinski definition) is 4. The zero-order valence-electron chi connectivity index (χ0n) is 11.5. The number of fused-ring (bicyclic) bond motifs is 1. The van der Waals surface area contributed by atoms with Gasteiger partial charge < -0.3 is 20.8 Å². The molecule has 0 radical (unpaired) electrons. The van der Waals surface area contributed by atoms with E-state index in [9.17, 15) is 0 Å². The molecule has 5 N–H and O–H groups in total. The molecule has 0 aliphatic rings. The third kappa shape index (κ3) is 2.44. The summed E-state index contributed by atoms with van der Waals surface area (Å²) in [6.07, 6.45) is 1.23. The summed E-state index contributed by atoms with van der Waals surface area (Å²) in [6.45, 7) is 7.81. The summed E-state index contributed by atoms with van der Waals surface area (Å²) in [5.74, 6) is 0. The number of anilines is 1. The van der Waals surface area contributed by atoms with E-state index in [0.717, 1.165) is 27.8 Å². The van der Waals surface area contributed by atoms with Crippen LogP contribution in [-0.2, 0) is 0 Å². The molecule has 0 saturated heterocycles. The minimum atomic E-state index is 0.581. The lowest BCUT2D eigenvalue weighted by Crippen LogP contribution is -2.01. The molecule has 5 heteroatoms. The van der Waals surface area contributed by atoms with Crippen LogP contribution in [0.25, 0.3) is 16.5 Å². The Morgan fingerprint density at radius 1 is 1.45 bits per heavy atom. The van der Waals surface area contributed by atoms with E-state index < -0.39 is 0 Å². The van der Waals surface area contributed by atoms with Crippen LogP contribution in [0.3, 0.4) is 0 Å². The van der Waals surface area contributed by atoms with Gasteiger partial charge in [-0.2, -0.15) is 0 Å². The fourth-order valence-electron chi connectivity index (χ4n) is 2.16. The minimum Gasteiger partial charge on any atom is -0.402 e. The van der Waals surface area contributed by atoms with Crippen molar-refractivity contribution in [3.05, 3.63) is 47.3 Å². The van der Waals surface area contributed by atoms with Gasteiger partial charge in [-0.3, -0.25) is 0 Å². The van der Waals surface area contributed by atoms with Gasteiger partial charge in [0, 0.05) is 45.3 Å². The number of thiol groups is 1. The largest absolute Gasteiger partial charge is 0.402 e. The van der Waals surface area contributed by atoms with Gasteiger partial charge in [-0.15, -0.1) is 0 Å². The molecule has 0 amide bonds. The van der Waals surface area contributed by atoms with E-state index in [-0.39, 0.29) is 0 Å². The van der Waals surface area contributed by atoms with Crippen LogP contribution < -0.4 is 10.5 Å². The van der Waals surface area contributed by atoms with E-state index in [1.165, 1.54) is 6.21 Å². The van der Waals surface area contributed by atoms with Crippen molar-refractivity contribution in [3.8, 4) is 0 Å². The first-order valence-electron chi connectivity index (χ1n) is 6.18. The second-order valence-electron chi connectivity index (χ2n) is 4.77. The predicted molar refractivity (Wildman–Crippen MR) is 90.3 cm³/mol. The van der Waals surface area contributed by atoms with Gasteiger partial charge in [-0.25, -0.2) is 0 Å². The smallest absolute Gasteiger partial charge is 0.0488 e. The maximum Gasteiger partial charge on any atom is 0.0488 e. The molecule has 2 aromatic rings. The van der Waals surface area contributed by atoms with Crippen molar-refractivity contribution in [2.75, 3.05) is 4.72 Å². The highest BCUT2D eigenvalue weighted by atomic mass is 32.1. The first kappa shape index (κ1) is 14.3. The molecule has 0 bridgehead atoms. The third-order valence-corrected chi connectivity index (χ3v) is 3.55. The second kappa shape index (κ2) is 5.46. The summed E-state index contributed by atoms with van der Waals surface area (Å²) >= 11 is 4.09. The fraction of sp³-hybridized carbons (Fsp3) is 0.133. The van der Waals surface area contributed by atoms with Crippen molar-refractivity contribution < 1.29 is 0 Å². The monoisotopic (exact) mass is 286 g/mol. The Kier molecular flexibility index (Phi) is 3.90. The maximum absolute atomic E-state index is 7.44. The normalized spacial score (nSPS) is 12.2. The number of allylic oxidation sites excluding steroid dienone is 3. The van der Waals surface area contributed by atoms with Gasteiger partial charge in [0.1, 0.15) is 0 Å². The van der Waals surface area contributed by atoms with Crippen molar-refractivity contribution in [2.45, 2.75) is 13.8 Å². The van der Waals surface area contributed by atoms with Crippen molar-refractivity contribution in [2.24, 2.45) is 5.73 Å². The van der Waals surface area contributed by atoms with Crippen LogP contribution in [0.4, 0.5) is 5.69 Å². The van der Waals surface area contributed by atoms with Gasteiger partial charge in [-0.1, -0.05) is 19.4 Å². The molecule has 0 spiro atoms. The quantitative estimate of drug-likeness (QED) is 0.338. The highest BCUT2D eigenvalue weighted by molar-refractivity contribution is 7.81. The minimum absolute atomic E-state index is 0.581. The van der Waals surface area contributed by atoms with Crippen LogP contribution >= 0.6 is 12.8 Å². The molecule has 2 rings (SSSR count). The standard InChI is InChI=1S/C15H18N4S/c1-8-4-11-5-14(9(2)12(7-16)10(3)17)18-15(11)6-13(8)19-20/h4-7,16,18-20H,2,17H2,1,3H3/b12-10-,16-7?. The van der Waals surface area contributed by atoms with Crippen LogP contribution in [0.1, 0.15) is 18.2 Å². The Bertz CT molecular complexity index is 721. The van der Waals surface area contributed by atoms with E-state index in [1.54, 1.807) is 6.92 Å². The molecule has 4 nitrogen and oxygen atoms in total. The molecule has 0 aliphatic carbocycles. The van der Waals surface area contributed by atoms with E-state index in [0.29, 0.717) is 16.8 Å². The van der Waals surface area contributed by atoms with Crippen molar-refractivity contribution in [1.29, 1.82) is 5.41 Å². The van der Waals surface area contributed by atoms with Gasteiger partial charge >= 0.3 is 0 Å². The van der Waals surface area contributed by atoms with Gasteiger partial charge in [-0.05, 0) is 37.6 Å². The summed E-state index contributed by atoms with van der Waals surface area (Å²) in [5, 5.41) is 8.53. The number of aryl methyl sites for hydroxylation is 1. The van der Waals surface area contributed by atoms with E-state index in [1.807, 2.05) is 19.1 Å². The third-order valence-electron chi connectivity index (χ3n) is 3.31. The number of benzene rings is 1. The highest BCUT2D eigenvalue weighted by Gasteiger charge is 2.10. The molecule has 0 unspecified atom stereocenters. The van der Waals surface area contributed by atoms with Crippen LogP contribution in [0.15, 0.2) is 36.0 Å². The topological polar surface area (TPSA) is 77.7 Å². The van der Waals surface area contributed by atoms with Gasteiger partial charge in [0.15, 0.2) is 0 Å². The maximum atomic E-state index is 7.44. The van der Waals surface area contributed by atoms with E-state index >= 15 is 0 Å². The lowest BCUT2D eigenvalue weighted by molar-refractivity contribution is 1.28. The number of aromatic amines is 1. The number of H-pyrrole nitrogens is 1. The van der Waals surface area contributed by atoms with Crippen LogP contribution in [0.2, 0.25) is 0 Å². The van der Waals surface area contributed by atoms with E-state index in [2.05, 4.69) is 35.2 Å². The number of hydrogen-bond donors (Lipinski definition) is 5. The van der Waals surface area contributed by atoms with E-state index in [4.69, 9.17) is 11.1 Å². The fourth-order valence-corrected chi connectivity index (χ4v) is 2.40. The van der Waals surface area contributed by atoms with Crippen LogP contribution in [0.5, 0.6) is 0 Å². The molecule has 1 aromatic carbocycles. The number of nitrogens with one attached hydrogen (secondary N) is 3. The Morgan fingerprint density at radius 2 is 2.15 bits per heavy atom. The lowest BCUT2D eigenvalue weighted by atomic mass is 10.0. The average Bonchev–Trinajstić information content (AvgIpc) is 2.80. The SMILES string of the molecule is C=C(/C(C=N)=C(/C)N)c1cc2cc(C)c(NS)cc2[nH]1. The summed E-state index contributed by atoms with van der Waals surface area (Å²) in [7, 11) is 0. The number of aromatic nitrogens is 1. The molecule has 20 heavy (non-hydrogen) atoms. The zero-order chi connectivity index (χ0) is 14.9. The number of rotatable bonds is 4. The Balaban J connectivity index is 2.55. The zero-order valence-corrected chi connectivity index (χ0v) is 12.4. The summed E-state index contributed by atoms with van der Waals surface area (Å²) < 4.78 is 2.86. The lowest BCUT2D eigenvalue weighted by Gasteiger charge is -2.05. The first-order valence-corrected chi connectivity index (χ1v) is 6.62. The first-order chi connectivity index (χ1) is 9.47. The van der Waals surface area contributed by atoms with Crippen molar-refractivity contribution in [1.82, 2.24) is 4.98 Å². The summed E-state index contributed by atoms with van der Waals surface area (Å²) in [6, 6.07) is 6.08. The highest BCUT2D eigenvalue weighted by Crippen LogP contribution is 2.28. The molecule has 0 fully saturated rings. The van der Waals surface area contributed by atoms with Crippen LogP contribution in [0, 0.1) is 12.3 Å². The summed E-state index contributed by atoms with van der Waals surface area (Å²) in [5.41, 5.74) is 11.6. The molecule has 104 valence electrons. The Labute approximate surface area is 123 Å².